The van der Waals surface area contributed by atoms with Gasteiger partial charge in [0.2, 0.25) is 0 Å². The SMILES string of the molecule is CCC1CCCC(Nc2c(Cl)ccc3nsnc23)CC1. The van der Waals surface area contributed by atoms with Crippen LogP contribution in [0.5, 0.6) is 0 Å². The van der Waals surface area contributed by atoms with E-state index in [1.54, 1.807) is 0 Å². The normalized spacial score (nSPS) is 23.7. The van der Waals surface area contributed by atoms with Crippen LogP contribution in [0.3, 0.4) is 0 Å². The highest BCUT2D eigenvalue weighted by molar-refractivity contribution is 7.00. The van der Waals surface area contributed by atoms with Gasteiger partial charge in [0, 0.05) is 6.04 Å². The molecule has 1 fully saturated rings. The third-order valence-corrected chi connectivity index (χ3v) is 5.25. The molecule has 3 rings (SSSR count). The Morgan fingerprint density at radius 2 is 2.15 bits per heavy atom. The van der Waals surface area contributed by atoms with Crippen LogP contribution in [-0.2, 0) is 0 Å². The maximum atomic E-state index is 6.35. The van der Waals surface area contributed by atoms with Crippen molar-refractivity contribution in [3.8, 4) is 0 Å². The highest BCUT2D eigenvalue weighted by Crippen LogP contribution is 2.33. The van der Waals surface area contributed by atoms with Gasteiger partial charge in [-0.05, 0) is 37.3 Å². The summed E-state index contributed by atoms with van der Waals surface area (Å²) in [6, 6.07) is 4.36. The molecule has 1 heterocycles. The molecule has 1 aliphatic carbocycles. The smallest absolute Gasteiger partial charge is 0.129 e. The summed E-state index contributed by atoms with van der Waals surface area (Å²) < 4.78 is 8.67. The Balaban J connectivity index is 1.79. The minimum atomic E-state index is 0.511. The van der Waals surface area contributed by atoms with Crippen LogP contribution >= 0.6 is 23.3 Å². The van der Waals surface area contributed by atoms with Crippen molar-refractivity contribution in [1.82, 2.24) is 8.75 Å². The molecule has 2 aromatic rings. The Kier molecular flexibility index (Phi) is 4.41. The highest BCUT2D eigenvalue weighted by Gasteiger charge is 2.20. The van der Waals surface area contributed by atoms with Crippen molar-refractivity contribution in [3.63, 3.8) is 0 Å². The number of hydrogen-bond donors (Lipinski definition) is 1. The maximum Gasteiger partial charge on any atom is 0.129 e. The molecule has 2 atom stereocenters. The third kappa shape index (κ3) is 2.91. The Hall–Kier alpha value is -0.870. The molecule has 108 valence electrons. The van der Waals surface area contributed by atoms with E-state index in [1.807, 2.05) is 12.1 Å². The van der Waals surface area contributed by atoms with Gasteiger partial charge >= 0.3 is 0 Å². The Morgan fingerprint density at radius 3 is 3.00 bits per heavy atom. The number of nitrogens with one attached hydrogen (secondary N) is 1. The quantitative estimate of drug-likeness (QED) is 0.800. The predicted molar refractivity (Wildman–Crippen MR) is 86.7 cm³/mol. The lowest BCUT2D eigenvalue weighted by Crippen LogP contribution is -2.19. The van der Waals surface area contributed by atoms with E-state index >= 15 is 0 Å². The van der Waals surface area contributed by atoms with Gasteiger partial charge in [0.05, 0.1) is 22.4 Å². The van der Waals surface area contributed by atoms with E-state index in [9.17, 15) is 0 Å². The molecule has 1 N–H and O–H groups in total. The monoisotopic (exact) mass is 309 g/mol. The summed E-state index contributed by atoms with van der Waals surface area (Å²) in [5.74, 6) is 0.897. The first-order valence-electron chi connectivity index (χ1n) is 7.45. The van der Waals surface area contributed by atoms with Gasteiger partial charge in [-0.3, -0.25) is 0 Å². The van der Waals surface area contributed by atoms with E-state index < -0.39 is 0 Å². The summed E-state index contributed by atoms with van der Waals surface area (Å²) in [6.45, 7) is 2.30. The number of anilines is 1. The minimum Gasteiger partial charge on any atom is -0.379 e. The molecule has 5 heteroatoms. The van der Waals surface area contributed by atoms with Crippen molar-refractivity contribution >= 4 is 40.0 Å². The van der Waals surface area contributed by atoms with Crippen molar-refractivity contribution in [1.29, 1.82) is 0 Å². The van der Waals surface area contributed by atoms with Crippen LogP contribution in [-0.4, -0.2) is 14.8 Å². The molecule has 0 aliphatic heterocycles. The zero-order valence-electron chi connectivity index (χ0n) is 11.7. The maximum absolute atomic E-state index is 6.35. The molecular weight excluding hydrogens is 290 g/mol. The van der Waals surface area contributed by atoms with Crippen molar-refractivity contribution < 1.29 is 0 Å². The predicted octanol–water partition coefficient (Wildman–Crippen LogP) is 5.12. The van der Waals surface area contributed by atoms with Gasteiger partial charge in [0.25, 0.3) is 0 Å². The molecule has 0 radical (unpaired) electrons. The van der Waals surface area contributed by atoms with Crippen LogP contribution in [0.25, 0.3) is 11.0 Å². The van der Waals surface area contributed by atoms with E-state index in [-0.39, 0.29) is 0 Å². The minimum absolute atomic E-state index is 0.511. The van der Waals surface area contributed by atoms with Crippen LogP contribution in [0.4, 0.5) is 5.69 Å². The second-order valence-electron chi connectivity index (χ2n) is 5.68. The number of fused-ring (bicyclic) bond motifs is 1. The lowest BCUT2D eigenvalue weighted by Gasteiger charge is -2.19. The molecule has 2 unspecified atom stereocenters. The first-order chi connectivity index (χ1) is 9.78. The molecule has 1 aromatic heterocycles. The number of hydrogen-bond acceptors (Lipinski definition) is 4. The molecule has 20 heavy (non-hydrogen) atoms. The van der Waals surface area contributed by atoms with E-state index in [1.165, 1.54) is 50.3 Å². The largest absolute Gasteiger partial charge is 0.379 e. The Labute approximate surface area is 129 Å². The van der Waals surface area contributed by atoms with Gasteiger partial charge < -0.3 is 5.32 Å². The number of rotatable bonds is 3. The second kappa shape index (κ2) is 6.27. The number of aromatic nitrogens is 2. The topological polar surface area (TPSA) is 37.8 Å². The summed E-state index contributed by atoms with van der Waals surface area (Å²) in [5, 5.41) is 4.39. The zero-order chi connectivity index (χ0) is 13.9. The van der Waals surface area contributed by atoms with Crippen LogP contribution in [0.15, 0.2) is 12.1 Å². The fourth-order valence-electron chi connectivity index (χ4n) is 3.10. The second-order valence-corrected chi connectivity index (χ2v) is 6.61. The highest BCUT2D eigenvalue weighted by atomic mass is 35.5. The van der Waals surface area contributed by atoms with Gasteiger partial charge in [-0.15, -0.1) is 0 Å². The van der Waals surface area contributed by atoms with Crippen LogP contribution in [0.1, 0.15) is 45.4 Å². The van der Waals surface area contributed by atoms with E-state index in [0.717, 1.165) is 27.7 Å². The molecule has 3 nitrogen and oxygen atoms in total. The number of halogens is 1. The van der Waals surface area contributed by atoms with Gasteiger partial charge in [-0.25, -0.2) is 0 Å². The first kappa shape index (κ1) is 14.1. The molecular formula is C15H20ClN3S. The summed E-state index contributed by atoms with van der Waals surface area (Å²) >= 11 is 7.60. The van der Waals surface area contributed by atoms with Gasteiger partial charge in [0.1, 0.15) is 11.0 Å². The van der Waals surface area contributed by atoms with E-state index in [2.05, 4.69) is 21.0 Å². The van der Waals surface area contributed by atoms with Crippen molar-refractivity contribution in [2.75, 3.05) is 5.32 Å². The molecule has 0 bridgehead atoms. The fraction of sp³-hybridized carbons (Fsp3) is 0.600. The van der Waals surface area contributed by atoms with Gasteiger partial charge in [-0.2, -0.15) is 8.75 Å². The molecule has 1 saturated carbocycles. The average molecular weight is 310 g/mol. The van der Waals surface area contributed by atoms with Gasteiger partial charge in [-0.1, -0.05) is 37.8 Å². The molecule has 0 amide bonds. The summed E-state index contributed by atoms with van der Waals surface area (Å²) in [7, 11) is 0. The Bertz CT molecular complexity index is 584. The zero-order valence-corrected chi connectivity index (χ0v) is 13.3. The van der Waals surface area contributed by atoms with Crippen molar-refractivity contribution in [2.24, 2.45) is 5.92 Å². The van der Waals surface area contributed by atoms with Crippen LogP contribution < -0.4 is 5.32 Å². The molecule has 1 aromatic carbocycles. The standard InChI is InChI=1S/C15H20ClN3S/c1-2-10-4-3-5-11(7-6-10)17-14-12(16)8-9-13-15(14)19-20-18-13/h8-11,17H,2-7H2,1H3. The number of benzene rings is 1. The average Bonchev–Trinajstić information content (AvgIpc) is 2.81. The first-order valence-corrected chi connectivity index (χ1v) is 8.56. The Morgan fingerprint density at radius 1 is 1.25 bits per heavy atom. The summed E-state index contributed by atoms with van der Waals surface area (Å²) in [6.07, 6.45) is 7.74. The van der Waals surface area contributed by atoms with Crippen LogP contribution in [0.2, 0.25) is 5.02 Å². The van der Waals surface area contributed by atoms with Crippen molar-refractivity contribution in [3.05, 3.63) is 17.2 Å². The fourth-order valence-corrected chi connectivity index (χ4v) is 3.85. The molecule has 1 aliphatic rings. The lowest BCUT2D eigenvalue weighted by atomic mass is 9.98. The molecule has 0 spiro atoms. The number of nitrogens with zero attached hydrogens (tertiary/aromatic N) is 2. The molecule has 0 saturated heterocycles. The lowest BCUT2D eigenvalue weighted by molar-refractivity contribution is 0.444. The summed E-state index contributed by atoms with van der Waals surface area (Å²) in [4.78, 5) is 0. The van der Waals surface area contributed by atoms with E-state index in [0.29, 0.717) is 6.04 Å². The third-order valence-electron chi connectivity index (χ3n) is 4.39. The summed E-state index contributed by atoms with van der Waals surface area (Å²) in [5.41, 5.74) is 2.82. The van der Waals surface area contributed by atoms with Crippen LogP contribution in [0, 0.1) is 5.92 Å². The van der Waals surface area contributed by atoms with Crippen molar-refractivity contribution in [2.45, 2.75) is 51.5 Å². The van der Waals surface area contributed by atoms with Gasteiger partial charge in [0.15, 0.2) is 0 Å². The van der Waals surface area contributed by atoms with E-state index in [4.69, 9.17) is 11.6 Å².